The average Bonchev–Trinajstić information content (AvgIpc) is 3.03. The Hall–Kier alpha value is -3.45. The summed E-state index contributed by atoms with van der Waals surface area (Å²) < 4.78 is 0. The van der Waals surface area contributed by atoms with Crippen molar-refractivity contribution in [2.45, 2.75) is 27.7 Å². The van der Waals surface area contributed by atoms with Crippen molar-refractivity contribution < 1.29 is 14.4 Å². The Kier molecular flexibility index (Phi) is 6.33. The van der Waals surface area contributed by atoms with E-state index in [0.29, 0.717) is 41.3 Å². The molecule has 0 spiro atoms. The molecule has 2 aliphatic rings. The summed E-state index contributed by atoms with van der Waals surface area (Å²) in [5.41, 5.74) is 4.78. The fourth-order valence-electron chi connectivity index (χ4n) is 4.60. The Morgan fingerprint density at radius 2 is 1.52 bits per heavy atom. The molecule has 0 aromatic heterocycles. The number of rotatable bonds is 5. The van der Waals surface area contributed by atoms with Crippen LogP contribution in [0.1, 0.15) is 30.5 Å². The highest BCUT2D eigenvalue weighted by Gasteiger charge is 2.43. The molecular weight excluding hydrogens is 416 g/mol. The molecule has 0 atom stereocenters. The van der Waals surface area contributed by atoms with Crippen LogP contribution in [0.3, 0.4) is 0 Å². The van der Waals surface area contributed by atoms with Gasteiger partial charge in [0, 0.05) is 38.8 Å². The Balaban J connectivity index is 1.76. The van der Waals surface area contributed by atoms with E-state index in [0.717, 1.165) is 30.8 Å². The number of nitrogens with one attached hydrogen (secondary N) is 1. The minimum absolute atomic E-state index is 0.162. The number of benzene rings is 2. The van der Waals surface area contributed by atoms with Crippen LogP contribution >= 0.6 is 0 Å². The number of nitrogens with zero attached hydrogens (tertiary/aromatic N) is 3. The van der Waals surface area contributed by atoms with Gasteiger partial charge in [-0.05, 0) is 61.3 Å². The van der Waals surface area contributed by atoms with Crippen LogP contribution in [0.4, 0.5) is 11.4 Å². The molecule has 7 nitrogen and oxygen atoms in total. The second-order valence-electron chi connectivity index (χ2n) is 8.70. The maximum Gasteiger partial charge on any atom is 0.282 e. The van der Waals surface area contributed by atoms with E-state index in [1.165, 1.54) is 11.8 Å². The maximum absolute atomic E-state index is 13.7. The molecule has 0 bridgehead atoms. The molecule has 0 saturated carbocycles. The van der Waals surface area contributed by atoms with E-state index in [9.17, 15) is 14.4 Å². The SMILES string of the molecule is CCN1CCN(C2=C(c3ccc(NC(C)=O)cc3)C(=O)N(c3cc(C)cc(C)c3)C2=O)CC1. The van der Waals surface area contributed by atoms with E-state index < -0.39 is 0 Å². The zero-order valence-corrected chi connectivity index (χ0v) is 19.6. The van der Waals surface area contributed by atoms with Crippen LogP contribution < -0.4 is 10.2 Å². The quantitative estimate of drug-likeness (QED) is 0.715. The van der Waals surface area contributed by atoms with Gasteiger partial charge in [-0.3, -0.25) is 14.4 Å². The molecule has 2 aliphatic heterocycles. The summed E-state index contributed by atoms with van der Waals surface area (Å²) in [5, 5.41) is 2.74. The zero-order chi connectivity index (χ0) is 23.7. The van der Waals surface area contributed by atoms with Crippen molar-refractivity contribution in [3.63, 3.8) is 0 Å². The first-order chi connectivity index (χ1) is 15.8. The summed E-state index contributed by atoms with van der Waals surface area (Å²) in [6, 6.07) is 12.9. The first-order valence-corrected chi connectivity index (χ1v) is 11.3. The summed E-state index contributed by atoms with van der Waals surface area (Å²) in [6.07, 6.45) is 0. The minimum Gasteiger partial charge on any atom is -0.364 e. The molecule has 172 valence electrons. The number of hydrogen-bond acceptors (Lipinski definition) is 5. The predicted molar refractivity (Wildman–Crippen MR) is 130 cm³/mol. The number of piperazine rings is 1. The molecule has 3 amide bonds. The summed E-state index contributed by atoms with van der Waals surface area (Å²) in [7, 11) is 0. The molecule has 0 aliphatic carbocycles. The fraction of sp³-hybridized carbons (Fsp3) is 0.346. The molecule has 7 heteroatoms. The molecule has 4 rings (SSSR count). The van der Waals surface area contributed by atoms with Crippen LogP contribution in [-0.4, -0.2) is 60.2 Å². The lowest BCUT2D eigenvalue weighted by Gasteiger charge is -2.36. The summed E-state index contributed by atoms with van der Waals surface area (Å²) in [6.45, 7) is 11.5. The van der Waals surface area contributed by atoms with E-state index in [4.69, 9.17) is 0 Å². The van der Waals surface area contributed by atoms with Crippen LogP contribution in [0.25, 0.3) is 5.57 Å². The predicted octanol–water partition coefficient (Wildman–Crippen LogP) is 3.18. The lowest BCUT2D eigenvalue weighted by Crippen LogP contribution is -2.47. The van der Waals surface area contributed by atoms with Gasteiger partial charge in [0.1, 0.15) is 5.70 Å². The Bertz CT molecular complexity index is 1110. The largest absolute Gasteiger partial charge is 0.364 e. The van der Waals surface area contributed by atoms with Gasteiger partial charge in [-0.25, -0.2) is 4.90 Å². The molecule has 33 heavy (non-hydrogen) atoms. The number of anilines is 2. The standard InChI is InChI=1S/C26H30N4O3/c1-5-28-10-12-29(13-11-28)24-23(20-6-8-21(9-7-20)27-19(4)31)25(32)30(26(24)33)22-15-17(2)14-18(3)16-22/h6-9,14-16H,5,10-13H2,1-4H3,(H,27,31). The van der Waals surface area contributed by atoms with Gasteiger partial charge in [0.05, 0.1) is 11.3 Å². The molecule has 1 fully saturated rings. The molecule has 0 radical (unpaired) electrons. The summed E-state index contributed by atoms with van der Waals surface area (Å²) in [4.78, 5) is 44.5. The number of imide groups is 1. The zero-order valence-electron chi connectivity index (χ0n) is 19.6. The summed E-state index contributed by atoms with van der Waals surface area (Å²) in [5.74, 6) is -0.759. The third kappa shape index (κ3) is 4.54. The normalized spacial score (nSPS) is 17.2. The second kappa shape index (κ2) is 9.19. The fourth-order valence-corrected chi connectivity index (χ4v) is 4.60. The highest BCUT2D eigenvalue weighted by molar-refractivity contribution is 6.45. The topological polar surface area (TPSA) is 73.0 Å². The Morgan fingerprint density at radius 3 is 2.06 bits per heavy atom. The van der Waals surface area contributed by atoms with Gasteiger partial charge in [0.15, 0.2) is 0 Å². The van der Waals surface area contributed by atoms with Crippen LogP contribution in [-0.2, 0) is 14.4 Å². The van der Waals surface area contributed by atoms with Gasteiger partial charge >= 0.3 is 0 Å². The molecule has 1 saturated heterocycles. The van der Waals surface area contributed by atoms with Gasteiger partial charge in [-0.1, -0.05) is 25.1 Å². The van der Waals surface area contributed by atoms with Crippen molar-refractivity contribution in [1.82, 2.24) is 9.80 Å². The number of hydrogen-bond donors (Lipinski definition) is 1. The van der Waals surface area contributed by atoms with Gasteiger partial charge in [-0.15, -0.1) is 0 Å². The van der Waals surface area contributed by atoms with Gasteiger partial charge in [0.2, 0.25) is 5.91 Å². The van der Waals surface area contributed by atoms with E-state index in [1.807, 2.05) is 36.9 Å². The number of amides is 3. The van der Waals surface area contributed by atoms with Crippen molar-refractivity contribution in [3.05, 3.63) is 64.9 Å². The van der Waals surface area contributed by atoms with Crippen LogP contribution in [0, 0.1) is 13.8 Å². The minimum atomic E-state index is -0.315. The first kappa shape index (κ1) is 22.7. The second-order valence-corrected chi connectivity index (χ2v) is 8.70. The molecule has 2 aromatic carbocycles. The third-order valence-corrected chi connectivity index (χ3v) is 6.15. The van der Waals surface area contributed by atoms with E-state index in [2.05, 4.69) is 17.1 Å². The molecule has 0 unspecified atom stereocenters. The number of carbonyl (C=O) groups is 3. The first-order valence-electron chi connectivity index (χ1n) is 11.3. The van der Waals surface area contributed by atoms with Gasteiger partial charge in [-0.2, -0.15) is 0 Å². The molecule has 1 N–H and O–H groups in total. The van der Waals surface area contributed by atoms with Crippen LogP contribution in [0.15, 0.2) is 48.2 Å². The van der Waals surface area contributed by atoms with Gasteiger partial charge < -0.3 is 15.1 Å². The van der Waals surface area contributed by atoms with E-state index >= 15 is 0 Å². The Morgan fingerprint density at radius 1 is 0.909 bits per heavy atom. The Labute approximate surface area is 194 Å². The maximum atomic E-state index is 13.7. The van der Waals surface area contributed by atoms with Crippen molar-refractivity contribution >= 4 is 34.7 Å². The molecular formula is C26H30N4O3. The van der Waals surface area contributed by atoms with Crippen molar-refractivity contribution in [2.75, 3.05) is 42.9 Å². The van der Waals surface area contributed by atoms with Crippen molar-refractivity contribution in [3.8, 4) is 0 Å². The van der Waals surface area contributed by atoms with Crippen LogP contribution in [0.2, 0.25) is 0 Å². The van der Waals surface area contributed by atoms with E-state index in [-0.39, 0.29) is 17.7 Å². The molecule has 2 heterocycles. The van der Waals surface area contributed by atoms with Crippen molar-refractivity contribution in [2.24, 2.45) is 0 Å². The number of carbonyl (C=O) groups excluding carboxylic acids is 3. The van der Waals surface area contributed by atoms with E-state index in [1.54, 1.807) is 24.3 Å². The third-order valence-electron chi connectivity index (χ3n) is 6.15. The smallest absolute Gasteiger partial charge is 0.282 e. The van der Waals surface area contributed by atoms with Crippen molar-refractivity contribution in [1.29, 1.82) is 0 Å². The number of likely N-dealkylation sites (N-methyl/N-ethyl adjacent to an activating group) is 1. The monoisotopic (exact) mass is 446 g/mol. The number of aryl methyl sites for hydroxylation is 2. The van der Waals surface area contributed by atoms with Crippen LogP contribution in [0.5, 0.6) is 0 Å². The highest BCUT2D eigenvalue weighted by atomic mass is 16.2. The lowest BCUT2D eigenvalue weighted by atomic mass is 10.0. The van der Waals surface area contributed by atoms with Gasteiger partial charge in [0.25, 0.3) is 11.8 Å². The lowest BCUT2D eigenvalue weighted by molar-refractivity contribution is -0.121. The summed E-state index contributed by atoms with van der Waals surface area (Å²) >= 11 is 0. The average molecular weight is 447 g/mol. The molecule has 2 aromatic rings. The highest BCUT2D eigenvalue weighted by Crippen LogP contribution is 2.36.